The van der Waals surface area contributed by atoms with Crippen LogP contribution in [0.5, 0.6) is 11.5 Å². The Bertz CT molecular complexity index is 630. The molecule has 1 aromatic rings. The van der Waals surface area contributed by atoms with Gasteiger partial charge in [-0.15, -0.1) is 0 Å². The average molecular weight is 288 g/mol. The molecule has 0 aliphatic carbocycles. The second-order valence-electron chi connectivity index (χ2n) is 4.87. The molecule has 1 atom stereocenters. The smallest absolute Gasteiger partial charge is 0.337 e. The molecule has 5 heteroatoms. The highest BCUT2D eigenvalue weighted by atomic mass is 16.7. The van der Waals surface area contributed by atoms with Gasteiger partial charge >= 0.3 is 5.97 Å². The summed E-state index contributed by atoms with van der Waals surface area (Å²) in [6, 6.07) is 5.67. The molecule has 0 radical (unpaired) electrons. The largest absolute Gasteiger partial charge is 0.500 e. The zero-order chi connectivity index (χ0) is 14.8. The van der Waals surface area contributed by atoms with E-state index in [-0.39, 0.29) is 18.9 Å². The third kappa shape index (κ3) is 2.72. The predicted octanol–water partition coefficient (Wildman–Crippen LogP) is 2.66. The second kappa shape index (κ2) is 5.52. The lowest BCUT2D eigenvalue weighted by Crippen LogP contribution is -2.24. The molecule has 0 bridgehead atoms. The van der Waals surface area contributed by atoms with Crippen molar-refractivity contribution in [3.05, 3.63) is 41.2 Å². The van der Waals surface area contributed by atoms with E-state index in [0.29, 0.717) is 17.8 Å². The predicted molar refractivity (Wildman–Crippen MR) is 75.8 cm³/mol. The molecule has 5 nitrogen and oxygen atoms in total. The van der Waals surface area contributed by atoms with Crippen LogP contribution < -0.4 is 9.47 Å². The molecule has 1 aromatic carbocycles. The Morgan fingerprint density at radius 3 is 2.90 bits per heavy atom. The molecule has 0 fully saturated rings. The van der Waals surface area contributed by atoms with Crippen LogP contribution in [-0.4, -0.2) is 26.0 Å². The van der Waals surface area contributed by atoms with Crippen molar-refractivity contribution in [1.29, 1.82) is 0 Å². The van der Waals surface area contributed by atoms with Crippen molar-refractivity contribution in [3.8, 4) is 11.5 Å². The first-order chi connectivity index (χ1) is 10.2. The van der Waals surface area contributed by atoms with E-state index in [1.807, 2.05) is 30.4 Å². The van der Waals surface area contributed by atoms with Crippen LogP contribution in [-0.2, 0) is 14.3 Å². The van der Waals surface area contributed by atoms with E-state index in [4.69, 9.17) is 18.9 Å². The van der Waals surface area contributed by atoms with Crippen LogP contribution in [0.25, 0.3) is 6.08 Å². The first-order valence-corrected chi connectivity index (χ1v) is 6.70. The number of rotatable bonds is 3. The fraction of sp³-hybridized carbons (Fsp3) is 0.312. The number of esters is 1. The summed E-state index contributed by atoms with van der Waals surface area (Å²) in [5, 5.41) is 0. The first-order valence-electron chi connectivity index (χ1n) is 6.70. The highest BCUT2D eigenvalue weighted by molar-refractivity contribution is 5.89. The van der Waals surface area contributed by atoms with Crippen LogP contribution in [0, 0.1) is 0 Å². The van der Waals surface area contributed by atoms with Crippen molar-refractivity contribution >= 4 is 12.0 Å². The van der Waals surface area contributed by atoms with Gasteiger partial charge in [-0.2, -0.15) is 0 Å². The molecule has 0 aromatic heterocycles. The average Bonchev–Trinajstić information content (AvgIpc) is 2.95. The quantitative estimate of drug-likeness (QED) is 0.800. The summed E-state index contributed by atoms with van der Waals surface area (Å²) in [4.78, 5) is 11.7. The van der Waals surface area contributed by atoms with Crippen molar-refractivity contribution in [3.63, 3.8) is 0 Å². The number of hydrogen-bond donors (Lipinski definition) is 0. The summed E-state index contributed by atoms with van der Waals surface area (Å²) < 4.78 is 21.1. The summed E-state index contributed by atoms with van der Waals surface area (Å²) in [6.07, 6.45) is 3.98. The van der Waals surface area contributed by atoms with Gasteiger partial charge < -0.3 is 18.9 Å². The van der Waals surface area contributed by atoms with Gasteiger partial charge in [0.15, 0.2) is 11.5 Å². The molecule has 0 saturated heterocycles. The van der Waals surface area contributed by atoms with Crippen molar-refractivity contribution in [2.24, 2.45) is 0 Å². The number of methoxy groups -OCH3 is 1. The van der Waals surface area contributed by atoms with E-state index in [0.717, 1.165) is 17.1 Å². The molecule has 1 unspecified atom stereocenters. The maximum Gasteiger partial charge on any atom is 0.337 e. The zero-order valence-electron chi connectivity index (χ0n) is 11.9. The topological polar surface area (TPSA) is 54.0 Å². The molecule has 2 aliphatic rings. The van der Waals surface area contributed by atoms with Crippen LogP contribution in [0.4, 0.5) is 0 Å². The van der Waals surface area contributed by atoms with Crippen molar-refractivity contribution in [2.75, 3.05) is 13.9 Å². The monoisotopic (exact) mass is 288 g/mol. The number of cyclic esters (lactones) is 1. The van der Waals surface area contributed by atoms with Crippen LogP contribution in [0.15, 0.2) is 35.6 Å². The summed E-state index contributed by atoms with van der Waals surface area (Å²) in [5.41, 5.74) is 1.49. The second-order valence-corrected chi connectivity index (χ2v) is 4.87. The maximum absolute atomic E-state index is 11.7. The Balaban J connectivity index is 1.73. The highest BCUT2D eigenvalue weighted by Gasteiger charge is 2.25. The van der Waals surface area contributed by atoms with E-state index in [1.165, 1.54) is 0 Å². The fourth-order valence-electron chi connectivity index (χ4n) is 2.30. The van der Waals surface area contributed by atoms with Crippen LogP contribution in [0.2, 0.25) is 0 Å². The first kappa shape index (κ1) is 13.5. The van der Waals surface area contributed by atoms with E-state index in [1.54, 1.807) is 14.0 Å². The van der Waals surface area contributed by atoms with Gasteiger partial charge in [0.25, 0.3) is 0 Å². The highest BCUT2D eigenvalue weighted by Crippen LogP contribution is 2.33. The van der Waals surface area contributed by atoms with Crippen molar-refractivity contribution in [2.45, 2.75) is 19.4 Å². The van der Waals surface area contributed by atoms with E-state index < -0.39 is 0 Å². The van der Waals surface area contributed by atoms with Gasteiger partial charge in [-0.1, -0.05) is 12.1 Å². The van der Waals surface area contributed by atoms with Crippen molar-refractivity contribution < 1.29 is 23.7 Å². The van der Waals surface area contributed by atoms with Crippen LogP contribution in [0.3, 0.4) is 0 Å². The molecule has 2 heterocycles. The lowest BCUT2D eigenvalue weighted by atomic mass is 10.1. The minimum absolute atomic E-state index is 0.254. The number of benzene rings is 1. The zero-order valence-corrected chi connectivity index (χ0v) is 11.9. The van der Waals surface area contributed by atoms with E-state index in [9.17, 15) is 4.79 Å². The van der Waals surface area contributed by atoms with Gasteiger partial charge in [-0.3, -0.25) is 0 Å². The minimum atomic E-state index is -0.335. The number of ether oxygens (including phenoxy) is 4. The minimum Gasteiger partial charge on any atom is -0.500 e. The lowest BCUT2D eigenvalue weighted by molar-refractivity contribution is -0.144. The molecule has 2 aliphatic heterocycles. The van der Waals surface area contributed by atoms with E-state index in [2.05, 4.69) is 0 Å². The molecular formula is C16H16O5. The summed E-state index contributed by atoms with van der Waals surface area (Å²) >= 11 is 0. The van der Waals surface area contributed by atoms with Gasteiger partial charge in [0.2, 0.25) is 6.79 Å². The van der Waals surface area contributed by atoms with Gasteiger partial charge in [-0.25, -0.2) is 4.79 Å². The maximum atomic E-state index is 11.7. The Morgan fingerprint density at radius 1 is 1.29 bits per heavy atom. The number of carbonyl (C=O) groups excluding carboxylic acids is 1. The molecular weight excluding hydrogens is 272 g/mol. The Morgan fingerprint density at radius 2 is 2.10 bits per heavy atom. The number of carbonyl (C=O) groups is 1. The molecule has 0 saturated carbocycles. The lowest BCUT2D eigenvalue weighted by Gasteiger charge is -2.22. The normalized spacial score (nSPS) is 20.9. The SMILES string of the molecule is COC1=C(C)C(=O)OC(/C=C/c2ccc3c(c2)OCO3)C1. The van der Waals surface area contributed by atoms with Crippen LogP contribution >= 0.6 is 0 Å². The third-order valence-corrected chi connectivity index (χ3v) is 3.52. The molecule has 110 valence electrons. The van der Waals surface area contributed by atoms with Gasteiger partial charge in [0, 0.05) is 6.42 Å². The fourth-order valence-corrected chi connectivity index (χ4v) is 2.30. The summed E-state index contributed by atoms with van der Waals surface area (Å²) in [5.74, 6) is 1.81. The molecule has 0 N–H and O–H groups in total. The molecule has 21 heavy (non-hydrogen) atoms. The molecule has 0 spiro atoms. The molecule has 0 amide bonds. The Labute approximate surface area is 122 Å². The van der Waals surface area contributed by atoms with E-state index >= 15 is 0 Å². The van der Waals surface area contributed by atoms with Gasteiger partial charge in [0.05, 0.1) is 12.7 Å². The van der Waals surface area contributed by atoms with Crippen LogP contribution in [0.1, 0.15) is 18.9 Å². The standard InChI is InChI=1S/C16H16O5/c1-10-14(18-2)8-12(21-16(10)17)5-3-11-4-6-13-15(7-11)20-9-19-13/h3-7,12H,8-9H2,1-2H3/b5-3+. The van der Waals surface area contributed by atoms with Gasteiger partial charge in [0.1, 0.15) is 11.9 Å². The number of hydrogen-bond acceptors (Lipinski definition) is 5. The third-order valence-electron chi connectivity index (χ3n) is 3.52. The Hall–Kier alpha value is -2.43. The summed E-state index contributed by atoms with van der Waals surface area (Å²) in [7, 11) is 1.57. The molecule has 3 rings (SSSR count). The van der Waals surface area contributed by atoms with Crippen molar-refractivity contribution in [1.82, 2.24) is 0 Å². The summed E-state index contributed by atoms with van der Waals surface area (Å²) in [6.45, 7) is 1.96. The number of fused-ring (bicyclic) bond motifs is 1. The van der Waals surface area contributed by atoms with Gasteiger partial charge in [-0.05, 0) is 30.7 Å². The Kier molecular flexibility index (Phi) is 3.56.